The number of nitrogens with one attached hydrogen (secondary N) is 4. The first kappa shape index (κ1) is 23.8. The highest BCUT2D eigenvalue weighted by molar-refractivity contribution is 7.80. The molecule has 4 N–H and O–H groups in total. The number of anilines is 1. The van der Waals surface area contributed by atoms with Gasteiger partial charge in [0.2, 0.25) is 0 Å². The van der Waals surface area contributed by atoms with Crippen LogP contribution < -0.4 is 16.0 Å². The van der Waals surface area contributed by atoms with Crippen LogP contribution in [0.15, 0.2) is 79.0 Å². The summed E-state index contributed by atoms with van der Waals surface area (Å²) < 4.78 is 0. The van der Waals surface area contributed by atoms with Crippen molar-refractivity contribution in [1.29, 1.82) is 0 Å². The van der Waals surface area contributed by atoms with Gasteiger partial charge >= 0.3 is 0 Å². The lowest BCUT2D eigenvalue weighted by Crippen LogP contribution is -2.30. The molecule has 7 heteroatoms. The maximum Gasteiger partial charge on any atom is 0.251 e. The third-order valence-corrected chi connectivity index (χ3v) is 6.10. The molecule has 3 aromatic carbocycles. The number of carbonyl (C=O) groups excluding carboxylic acids is 1. The molecule has 0 unspecified atom stereocenters. The van der Waals surface area contributed by atoms with Gasteiger partial charge in [-0.25, -0.2) is 0 Å². The number of aromatic amines is 1. The lowest BCUT2D eigenvalue weighted by molar-refractivity contribution is 0.0953. The van der Waals surface area contributed by atoms with E-state index in [0.717, 1.165) is 42.6 Å². The monoisotopic (exact) mass is 490 g/mol. The van der Waals surface area contributed by atoms with E-state index >= 15 is 0 Å². The van der Waals surface area contributed by atoms with Crippen molar-refractivity contribution in [3.8, 4) is 0 Å². The molecule has 5 nitrogen and oxygen atoms in total. The van der Waals surface area contributed by atoms with Gasteiger partial charge in [0.15, 0.2) is 5.11 Å². The number of H-pyrrole nitrogens is 1. The molecule has 4 rings (SSSR count). The Morgan fingerprint density at radius 1 is 0.882 bits per heavy atom. The zero-order valence-electron chi connectivity index (χ0n) is 18.7. The van der Waals surface area contributed by atoms with Crippen LogP contribution in [-0.4, -0.2) is 29.1 Å². The Morgan fingerprint density at radius 2 is 1.68 bits per heavy atom. The molecular weight excluding hydrogens is 464 g/mol. The van der Waals surface area contributed by atoms with Gasteiger partial charge in [-0.15, -0.1) is 0 Å². The molecule has 0 bridgehead atoms. The topological polar surface area (TPSA) is 69.0 Å². The van der Waals surface area contributed by atoms with E-state index in [9.17, 15) is 4.79 Å². The summed E-state index contributed by atoms with van der Waals surface area (Å²) >= 11 is 11.8. The normalized spacial score (nSPS) is 10.7. The molecule has 0 atom stereocenters. The molecule has 0 radical (unpaired) electrons. The number of benzene rings is 3. The first-order valence-corrected chi connectivity index (χ1v) is 12.1. The van der Waals surface area contributed by atoms with Gasteiger partial charge in [-0.2, -0.15) is 0 Å². The SMILES string of the molecule is O=C(NCCCc1cc(Cl)ccc1NC(=S)NCCc1c[nH]c2ccccc12)c1ccccc1. The molecule has 174 valence electrons. The fourth-order valence-corrected chi connectivity index (χ4v) is 4.29. The minimum Gasteiger partial charge on any atom is -0.362 e. The number of rotatable bonds is 9. The van der Waals surface area contributed by atoms with E-state index in [-0.39, 0.29) is 5.91 Å². The molecule has 0 saturated carbocycles. The second-order valence-corrected chi connectivity index (χ2v) is 8.86. The van der Waals surface area contributed by atoms with E-state index in [0.29, 0.717) is 22.2 Å². The van der Waals surface area contributed by atoms with Gasteiger partial charge in [0.1, 0.15) is 0 Å². The van der Waals surface area contributed by atoms with Crippen molar-refractivity contribution in [3.63, 3.8) is 0 Å². The summed E-state index contributed by atoms with van der Waals surface area (Å²) in [6.07, 6.45) is 4.46. The van der Waals surface area contributed by atoms with Gasteiger partial charge in [0, 0.05) is 46.5 Å². The smallest absolute Gasteiger partial charge is 0.251 e. The van der Waals surface area contributed by atoms with Crippen molar-refractivity contribution in [2.75, 3.05) is 18.4 Å². The fourth-order valence-electron chi connectivity index (χ4n) is 3.88. The highest BCUT2D eigenvalue weighted by atomic mass is 35.5. The molecule has 1 heterocycles. The summed E-state index contributed by atoms with van der Waals surface area (Å²) in [6, 6.07) is 23.2. The fraction of sp³-hybridized carbons (Fsp3) is 0.185. The van der Waals surface area contributed by atoms with Crippen LogP contribution in [0.5, 0.6) is 0 Å². The molecule has 0 aliphatic carbocycles. The molecule has 0 spiro atoms. The maximum absolute atomic E-state index is 12.2. The summed E-state index contributed by atoms with van der Waals surface area (Å²) in [5.41, 5.74) is 5.04. The van der Waals surface area contributed by atoms with Crippen molar-refractivity contribution in [2.45, 2.75) is 19.3 Å². The van der Waals surface area contributed by atoms with E-state index in [1.807, 2.05) is 42.5 Å². The predicted octanol–water partition coefficient (Wildman–Crippen LogP) is 5.71. The number of fused-ring (bicyclic) bond motifs is 1. The molecule has 0 aliphatic heterocycles. The standard InChI is InChI=1S/C27H27ClN4OS/c28-22-12-13-24(20(17-22)9-6-15-29-26(33)19-7-2-1-3-8-19)32-27(34)30-16-14-21-18-31-25-11-5-4-10-23(21)25/h1-5,7-8,10-13,17-18,31H,6,9,14-16H2,(H,29,33)(H2,30,32,34). The van der Waals surface area contributed by atoms with Crippen LogP contribution in [0.4, 0.5) is 5.69 Å². The molecule has 0 aliphatic rings. The van der Waals surface area contributed by atoms with Crippen LogP contribution in [-0.2, 0) is 12.8 Å². The number of aromatic nitrogens is 1. The zero-order chi connectivity index (χ0) is 23.8. The van der Waals surface area contributed by atoms with Crippen molar-refractivity contribution >= 4 is 51.4 Å². The largest absolute Gasteiger partial charge is 0.362 e. The maximum atomic E-state index is 12.2. The van der Waals surface area contributed by atoms with Gasteiger partial charge in [0.05, 0.1) is 0 Å². The zero-order valence-corrected chi connectivity index (χ0v) is 20.3. The summed E-state index contributed by atoms with van der Waals surface area (Å²) in [7, 11) is 0. The Labute approximate surface area is 209 Å². The highest BCUT2D eigenvalue weighted by Crippen LogP contribution is 2.22. The van der Waals surface area contributed by atoms with Crippen LogP contribution in [0.1, 0.15) is 27.9 Å². The number of carbonyl (C=O) groups is 1. The van der Waals surface area contributed by atoms with Crippen LogP contribution in [0.25, 0.3) is 10.9 Å². The average Bonchev–Trinajstić information content (AvgIpc) is 3.27. The Balaban J connectivity index is 1.26. The van der Waals surface area contributed by atoms with E-state index in [4.69, 9.17) is 23.8 Å². The van der Waals surface area contributed by atoms with Gasteiger partial charge in [0.25, 0.3) is 5.91 Å². The van der Waals surface area contributed by atoms with Gasteiger partial charge in [-0.05, 0) is 79.0 Å². The summed E-state index contributed by atoms with van der Waals surface area (Å²) in [5.74, 6) is -0.0642. The highest BCUT2D eigenvalue weighted by Gasteiger charge is 2.08. The quantitative estimate of drug-likeness (QED) is 0.179. The number of hydrogen-bond acceptors (Lipinski definition) is 2. The van der Waals surface area contributed by atoms with E-state index < -0.39 is 0 Å². The van der Waals surface area contributed by atoms with Crippen LogP contribution in [0.3, 0.4) is 0 Å². The summed E-state index contributed by atoms with van der Waals surface area (Å²) in [4.78, 5) is 15.5. The Kier molecular flexibility index (Phi) is 8.17. The van der Waals surface area contributed by atoms with E-state index in [2.05, 4.69) is 45.3 Å². The molecule has 4 aromatic rings. The van der Waals surface area contributed by atoms with Gasteiger partial charge in [-0.3, -0.25) is 4.79 Å². The molecule has 0 fully saturated rings. The third-order valence-electron chi connectivity index (χ3n) is 5.61. The van der Waals surface area contributed by atoms with Crippen molar-refractivity contribution in [1.82, 2.24) is 15.6 Å². The Hall–Kier alpha value is -3.35. The first-order valence-electron chi connectivity index (χ1n) is 11.3. The van der Waals surface area contributed by atoms with Crippen LogP contribution >= 0.6 is 23.8 Å². The Morgan fingerprint density at radius 3 is 2.53 bits per heavy atom. The first-order chi connectivity index (χ1) is 16.6. The predicted molar refractivity (Wildman–Crippen MR) is 145 cm³/mol. The second-order valence-electron chi connectivity index (χ2n) is 8.02. The molecule has 1 aromatic heterocycles. The summed E-state index contributed by atoms with van der Waals surface area (Å²) in [6.45, 7) is 1.30. The lowest BCUT2D eigenvalue weighted by Gasteiger charge is -2.15. The molecular formula is C27H27ClN4OS. The van der Waals surface area contributed by atoms with Crippen molar-refractivity contribution in [3.05, 3.63) is 101 Å². The van der Waals surface area contributed by atoms with Crippen molar-refractivity contribution < 1.29 is 4.79 Å². The van der Waals surface area contributed by atoms with E-state index in [1.165, 1.54) is 10.9 Å². The minimum atomic E-state index is -0.0642. The number of amides is 1. The lowest BCUT2D eigenvalue weighted by atomic mass is 10.1. The molecule has 0 saturated heterocycles. The minimum absolute atomic E-state index is 0.0642. The molecule has 1 amide bonds. The van der Waals surface area contributed by atoms with E-state index in [1.54, 1.807) is 12.1 Å². The van der Waals surface area contributed by atoms with Gasteiger partial charge < -0.3 is 20.9 Å². The molecule has 34 heavy (non-hydrogen) atoms. The number of para-hydroxylation sites is 1. The van der Waals surface area contributed by atoms with Crippen LogP contribution in [0.2, 0.25) is 5.02 Å². The Bertz CT molecular complexity index is 1270. The number of hydrogen-bond donors (Lipinski definition) is 4. The summed E-state index contributed by atoms with van der Waals surface area (Å²) in [5, 5.41) is 12.0. The third kappa shape index (κ3) is 6.37. The van der Waals surface area contributed by atoms with Gasteiger partial charge in [-0.1, -0.05) is 48.0 Å². The van der Waals surface area contributed by atoms with Crippen molar-refractivity contribution in [2.24, 2.45) is 0 Å². The van der Waals surface area contributed by atoms with Crippen LogP contribution in [0, 0.1) is 0 Å². The average molecular weight is 491 g/mol. The number of aryl methyl sites for hydroxylation is 1. The second kappa shape index (κ2) is 11.7. The number of halogens is 1. The number of thiocarbonyl (C=S) groups is 1.